The molecule has 0 saturated carbocycles. The summed E-state index contributed by atoms with van der Waals surface area (Å²) in [5, 5.41) is 9.32. The van der Waals surface area contributed by atoms with E-state index in [0.29, 0.717) is 13.1 Å². The molecule has 0 radical (unpaired) electrons. The first-order valence-corrected chi connectivity index (χ1v) is 9.41. The smallest absolute Gasteiger partial charge is 0.279 e. The first kappa shape index (κ1) is 15.6. The van der Waals surface area contributed by atoms with E-state index in [9.17, 15) is 13.5 Å². The van der Waals surface area contributed by atoms with Crippen LogP contribution in [0.5, 0.6) is 0 Å². The van der Waals surface area contributed by atoms with Gasteiger partial charge in [-0.25, -0.2) is 4.72 Å². The molecule has 2 atom stereocenters. The Morgan fingerprint density at radius 2 is 2.21 bits per heavy atom. The average Bonchev–Trinajstić information content (AvgIpc) is 2.84. The van der Waals surface area contributed by atoms with Crippen LogP contribution in [0, 0.1) is 0 Å². The number of aliphatic hydroxyl groups is 1. The zero-order chi connectivity index (χ0) is 13.9. The molecular weight excluding hydrogens is 284 g/mol. The Morgan fingerprint density at radius 3 is 2.84 bits per heavy atom. The van der Waals surface area contributed by atoms with Gasteiger partial charge in [-0.2, -0.15) is 24.5 Å². The summed E-state index contributed by atoms with van der Waals surface area (Å²) in [4.78, 5) is 0. The van der Waals surface area contributed by atoms with Gasteiger partial charge in [0.2, 0.25) is 0 Å². The predicted octanol–water partition coefficient (Wildman–Crippen LogP) is 0.953. The maximum atomic E-state index is 12.3. The van der Waals surface area contributed by atoms with Crippen molar-refractivity contribution in [2.75, 3.05) is 25.4 Å². The Labute approximate surface area is 120 Å². The lowest BCUT2D eigenvalue weighted by molar-refractivity contribution is 0.154. The van der Waals surface area contributed by atoms with Crippen molar-refractivity contribution in [2.45, 2.75) is 49.8 Å². The number of thioether (sulfide) groups is 1. The summed E-state index contributed by atoms with van der Waals surface area (Å²) in [6.45, 7) is 3.03. The lowest BCUT2D eigenvalue weighted by Crippen LogP contribution is -2.52. The molecule has 0 aromatic carbocycles. The van der Waals surface area contributed by atoms with Crippen molar-refractivity contribution < 1.29 is 13.5 Å². The van der Waals surface area contributed by atoms with Crippen molar-refractivity contribution in [3.63, 3.8) is 0 Å². The highest BCUT2D eigenvalue weighted by molar-refractivity contribution is 8.00. The van der Waals surface area contributed by atoms with Gasteiger partial charge < -0.3 is 5.11 Å². The molecule has 2 fully saturated rings. The van der Waals surface area contributed by atoms with Gasteiger partial charge in [0.1, 0.15) is 0 Å². The van der Waals surface area contributed by atoms with Crippen molar-refractivity contribution >= 4 is 22.0 Å². The number of nitrogens with one attached hydrogen (secondary N) is 1. The van der Waals surface area contributed by atoms with E-state index in [1.807, 2.05) is 11.8 Å². The minimum atomic E-state index is -3.46. The van der Waals surface area contributed by atoms with Crippen molar-refractivity contribution in [2.24, 2.45) is 0 Å². The second-order valence-electron chi connectivity index (χ2n) is 5.67. The highest BCUT2D eigenvalue weighted by Crippen LogP contribution is 2.37. The summed E-state index contributed by atoms with van der Waals surface area (Å²) >= 11 is 1.84. The highest BCUT2D eigenvalue weighted by atomic mass is 32.2. The van der Waals surface area contributed by atoms with E-state index in [0.717, 1.165) is 37.9 Å². The maximum Gasteiger partial charge on any atom is 0.279 e. The number of hydrogen-bond acceptors (Lipinski definition) is 4. The van der Waals surface area contributed by atoms with Crippen LogP contribution in [0.15, 0.2) is 0 Å². The van der Waals surface area contributed by atoms with E-state index in [1.54, 1.807) is 0 Å². The molecular formula is C12H24N2O3S2. The summed E-state index contributed by atoms with van der Waals surface area (Å²) in [7, 11) is -3.46. The van der Waals surface area contributed by atoms with Crippen LogP contribution in [0.2, 0.25) is 0 Å². The summed E-state index contributed by atoms with van der Waals surface area (Å²) in [5.41, 5.74) is 0. The van der Waals surface area contributed by atoms with Gasteiger partial charge in [0.15, 0.2) is 0 Å². The Bertz CT molecular complexity index is 394. The molecule has 19 heavy (non-hydrogen) atoms. The van der Waals surface area contributed by atoms with Crippen LogP contribution in [0.4, 0.5) is 0 Å². The number of aliphatic hydroxyl groups excluding tert-OH is 1. The first-order valence-electron chi connectivity index (χ1n) is 6.98. The number of nitrogens with zero attached hydrogens (tertiary/aromatic N) is 1. The van der Waals surface area contributed by atoms with Gasteiger partial charge in [0.25, 0.3) is 10.2 Å². The molecule has 0 aliphatic carbocycles. The van der Waals surface area contributed by atoms with Crippen molar-refractivity contribution in [1.82, 2.24) is 9.03 Å². The molecule has 0 aromatic heterocycles. The van der Waals surface area contributed by atoms with E-state index in [1.165, 1.54) is 4.31 Å². The molecule has 2 saturated heterocycles. The Hall–Kier alpha value is 0.180. The van der Waals surface area contributed by atoms with Crippen LogP contribution in [-0.4, -0.2) is 54.1 Å². The molecule has 2 aliphatic rings. The Morgan fingerprint density at radius 1 is 1.42 bits per heavy atom. The topological polar surface area (TPSA) is 69.6 Å². The number of piperidine rings is 1. The zero-order valence-electron chi connectivity index (χ0n) is 11.5. The molecule has 5 nitrogen and oxygen atoms in total. The molecule has 2 rings (SSSR count). The third-order valence-electron chi connectivity index (χ3n) is 4.02. The molecule has 0 bridgehead atoms. The van der Waals surface area contributed by atoms with Crippen LogP contribution in [-0.2, 0) is 10.2 Å². The second-order valence-corrected chi connectivity index (χ2v) is 9.06. The molecule has 2 heterocycles. The third-order valence-corrected chi connectivity index (χ3v) is 7.17. The Kier molecular flexibility index (Phi) is 5.16. The molecule has 0 aromatic rings. The first-order chi connectivity index (χ1) is 8.97. The van der Waals surface area contributed by atoms with Crippen LogP contribution in [0.3, 0.4) is 0 Å². The zero-order valence-corrected chi connectivity index (χ0v) is 13.1. The molecule has 2 N–H and O–H groups in total. The van der Waals surface area contributed by atoms with E-state index < -0.39 is 10.2 Å². The van der Waals surface area contributed by atoms with Gasteiger partial charge >= 0.3 is 0 Å². The summed E-state index contributed by atoms with van der Waals surface area (Å²) in [6, 6.07) is -0.254. The molecule has 112 valence electrons. The van der Waals surface area contributed by atoms with Gasteiger partial charge in [-0.15, -0.1) is 0 Å². The van der Waals surface area contributed by atoms with Crippen molar-refractivity contribution in [3.05, 3.63) is 0 Å². The normalized spacial score (nSPS) is 33.7. The number of rotatable bonds is 5. The van der Waals surface area contributed by atoms with Gasteiger partial charge in [-0.3, -0.25) is 0 Å². The SMILES string of the molecule is CC1(CNS(=O)(=O)N2CCCCC2CO)CCCS1. The summed E-state index contributed by atoms with van der Waals surface area (Å²) in [5.74, 6) is 1.11. The van der Waals surface area contributed by atoms with Gasteiger partial charge in [-0.05, 0) is 38.4 Å². The standard InChI is InChI=1S/C12H24N2O3S2/c1-12(6-4-8-18-12)10-13-19(16,17)14-7-3-2-5-11(14)9-15/h11,13,15H,2-10H2,1H3. The maximum absolute atomic E-state index is 12.3. The van der Waals surface area contributed by atoms with Crippen LogP contribution in [0.25, 0.3) is 0 Å². The van der Waals surface area contributed by atoms with E-state index in [4.69, 9.17) is 0 Å². The lowest BCUT2D eigenvalue weighted by Gasteiger charge is -2.34. The highest BCUT2D eigenvalue weighted by Gasteiger charge is 2.35. The van der Waals surface area contributed by atoms with Gasteiger partial charge in [0, 0.05) is 23.9 Å². The van der Waals surface area contributed by atoms with Crippen molar-refractivity contribution in [3.8, 4) is 0 Å². The van der Waals surface area contributed by atoms with Crippen LogP contribution in [0.1, 0.15) is 39.0 Å². The quantitative estimate of drug-likeness (QED) is 0.793. The minimum absolute atomic E-state index is 0.0254. The Balaban J connectivity index is 1.96. The van der Waals surface area contributed by atoms with Crippen molar-refractivity contribution in [1.29, 1.82) is 0 Å². The van der Waals surface area contributed by atoms with E-state index in [2.05, 4.69) is 11.6 Å². The summed E-state index contributed by atoms with van der Waals surface area (Å²) in [6.07, 6.45) is 4.84. The van der Waals surface area contributed by atoms with E-state index >= 15 is 0 Å². The average molecular weight is 308 g/mol. The molecule has 0 amide bonds. The fourth-order valence-electron chi connectivity index (χ4n) is 2.78. The van der Waals surface area contributed by atoms with E-state index in [-0.39, 0.29) is 17.4 Å². The van der Waals surface area contributed by atoms with Gasteiger partial charge in [-0.1, -0.05) is 6.42 Å². The predicted molar refractivity (Wildman–Crippen MR) is 78.5 cm³/mol. The molecule has 2 unspecified atom stereocenters. The molecule has 0 spiro atoms. The summed E-state index contributed by atoms with van der Waals surface area (Å²) < 4.78 is 28.9. The third kappa shape index (κ3) is 3.85. The van der Waals surface area contributed by atoms with Crippen LogP contribution < -0.4 is 4.72 Å². The number of hydrogen-bond donors (Lipinski definition) is 2. The van der Waals surface area contributed by atoms with Crippen LogP contribution >= 0.6 is 11.8 Å². The minimum Gasteiger partial charge on any atom is -0.395 e. The largest absolute Gasteiger partial charge is 0.395 e. The molecule has 7 heteroatoms. The fourth-order valence-corrected chi connectivity index (χ4v) is 5.71. The monoisotopic (exact) mass is 308 g/mol. The fraction of sp³-hybridized carbons (Fsp3) is 1.00. The van der Waals surface area contributed by atoms with Gasteiger partial charge in [0.05, 0.1) is 6.61 Å². The second kappa shape index (κ2) is 6.30. The lowest BCUT2D eigenvalue weighted by atomic mass is 10.1. The molecule has 2 aliphatic heterocycles.